The van der Waals surface area contributed by atoms with E-state index in [1.54, 1.807) is 0 Å². The minimum atomic E-state index is -4.64. The third-order valence-corrected chi connectivity index (χ3v) is 4.44. The lowest BCUT2D eigenvalue weighted by Crippen LogP contribution is -2.19. The normalized spacial score (nSPS) is 11.6. The van der Waals surface area contributed by atoms with Crippen LogP contribution in [0.4, 0.5) is 40.7 Å². The van der Waals surface area contributed by atoms with Crippen molar-refractivity contribution in [2.75, 3.05) is 17.3 Å². The number of anilines is 4. The lowest BCUT2D eigenvalue weighted by molar-refractivity contribution is -0.137. The van der Waals surface area contributed by atoms with Crippen molar-refractivity contribution in [1.29, 1.82) is 0 Å². The van der Waals surface area contributed by atoms with Gasteiger partial charge in [0.2, 0.25) is 5.95 Å². The summed E-state index contributed by atoms with van der Waals surface area (Å²) in [6, 6.07) is 12.6. The van der Waals surface area contributed by atoms with Crippen LogP contribution in [0.1, 0.15) is 30.9 Å². The summed E-state index contributed by atoms with van der Waals surface area (Å²) in [5.41, 5.74) is 1.18. The van der Waals surface area contributed by atoms with Gasteiger partial charge in [0.05, 0.1) is 0 Å². The highest BCUT2D eigenvalue weighted by Crippen LogP contribution is 2.37. The molecule has 1 N–H and O–H groups in total. The first-order chi connectivity index (χ1) is 13.6. The Balaban J connectivity index is 1.96. The monoisotopic (exact) mass is 404 g/mol. The highest BCUT2D eigenvalue weighted by Gasteiger charge is 2.36. The van der Waals surface area contributed by atoms with E-state index in [1.807, 2.05) is 24.3 Å². The predicted octanol–water partition coefficient (Wildman–Crippen LogP) is 6.27. The molecule has 0 saturated heterocycles. The summed E-state index contributed by atoms with van der Waals surface area (Å²) < 4.78 is 53.6. The van der Waals surface area contributed by atoms with E-state index in [2.05, 4.69) is 29.1 Å². The molecule has 0 fully saturated rings. The van der Waals surface area contributed by atoms with Gasteiger partial charge in [-0.1, -0.05) is 26.0 Å². The molecule has 0 unspecified atom stereocenters. The molecule has 8 heteroatoms. The third kappa shape index (κ3) is 4.82. The maximum atomic E-state index is 13.5. The van der Waals surface area contributed by atoms with Gasteiger partial charge in [-0.25, -0.2) is 9.37 Å². The molecule has 152 valence electrons. The molecule has 0 amide bonds. The van der Waals surface area contributed by atoms with Gasteiger partial charge in [0.25, 0.3) is 0 Å². The average Bonchev–Trinajstić information content (AvgIpc) is 2.67. The Bertz CT molecular complexity index is 967. The number of alkyl halides is 3. The van der Waals surface area contributed by atoms with Crippen molar-refractivity contribution in [2.45, 2.75) is 25.9 Å². The van der Waals surface area contributed by atoms with Crippen LogP contribution in [-0.4, -0.2) is 17.0 Å². The Kier molecular flexibility index (Phi) is 5.72. The maximum Gasteiger partial charge on any atom is 0.421 e. The first kappa shape index (κ1) is 20.6. The van der Waals surface area contributed by atoms with Crippen LogP contribution < -0.4 is 10.2 Å². The number of rotatable bonds is 5. The van der Waals surface area contributed by atoms with Crippen molar-refractivity contribution in [3.63, 3.8) is 0 Å². The zero-order chi connectivity index (χ0) is 21.2. The Labute approximate surface area is 166 Å². The molecule has 0 atom stereocenters. The molecule has 3 aromatic rings. The van der Waals surface area contributed by atoms with E-state index in [-0.39, 0.29) is 11.8 Å². The Morgan fingerprint density at radius 3 is 2.14 bits per heavy atom. The summed E-state index contributed by atoms with van der Waals surface area (Å²) in [5, 5.41) is 2.93. The number of aromatic nitrogens is 2. The van der Waals surface area contributed by atoms with Crippen molar-refractivity contribution in [3.8, 4) is 0 Å². The van der Waals surface area contributed by atoms with Crippen LogP contribution in [0.5, 0.6) is 0 Å². The molecule has 3 rings (SSSR count). The van der Waals surface area contributed by atoms with Crippen molar-refractivity contribution in [2.24, 2.45) is 0 Å². The fourth-order valence-electron chi connectivity index (χ4n) is 2.76. The molecule has 4 nitrogen and oxygen atoms in total. The molecule has 1 heterocycles. The Morgan fingerprint density at radius 2 is 1.59 bits per heavy atom. The summed E-state index contributed by atoms with van der Waals surface area (Å²) in [5.74, 6) is -0.421. The minimum Gasteiger partial charge on any atom is -0.329 e. The highest BCUT2D eigenvalue weighted by atomic mass is 19.4. The summed E-state index contributed by atoms with van der Waals surface area (Å²) in [7, 11) is 1.44. The van der Waals surface area contributed by atoms with Crippen LogP contribution >= 0.6 is 0 Å². The Hall–Kier alpha value is -3.16. The highest BCUT2D eigenvalue weighted by molar-refractivity contribution is 5.65. The first-order valence-electron chi connectivity index (χ1n) is 8.95. The molecule has 0 aliphatic rings. The topological polar surface area (TPSA) is 41.1 Å². The standard InChI is InChI=1S/C21H20F4N4/c1-13(2)14-4-8-16(9-5-14)27-20-26-12-18(21(23,24)25)19(28-20)29(3)17-10-6-15(22)7-11-17/h4-13H,1-3H3,(H,26,27,28). The third-order valence-electron chi connectivity index (χ3n) is 4.44. The van der Waals surface area contributed by atoms with E-state index in [0.717, 1.165) is 11.8 Å². The second kappa shape index (κ2) is 8.06. The van der Waals surface area contributed by atoms with Crippen molar-refractivity contribution >= 4 is 23.1 Å². The van der Waals surface area contributed by atoms with Gasteiger partial charge in [-0.15, -0.1) is 0 Å². The number of halogens is 4. The van der Waals surface area contributed by atoms with E-state index >= 15 is 0 Å². The SMILES string of the molecule is CC(C)c1ccc(Nc2ncc(C(F)(F)F)c(N(C)c3ccc(F)cc3)n2)cc1. The first-order valence-corrected chi connectivity index (χ1v) is 8.95. The fraction of sp³-hybridized carbons (Fsp3) is 0.238. The molecule has 0 radical (unpaired) electrons. The number of nitrogens with one attached hydrogen (secondary N) is 1. The van der Waals surface area contributed by atoms with Crippen molar-refractivity contribution in [3.05, 3.63) is 71.7 Å². The molecule has 1 aromatic heterocycles. The number of hydrogen-bond donors (Lipinski definition) is 1. The van der Waals surface area contributed by atoms with Crippen molar-refractivity contribution in [1.82, 2.24) is 9.97 Å². The second-order valence-electron chi connectivity index (χ2n) is 6.87. The van der Waals surface area contributed by atoms with Crippen LogP contribution in [0.25, 0.3) is 0 Å². The molecular weight excluding hydrogens is 384 g/mol. The van der Waals surface area contributed by atoms with E-state index < -0.39 is 17.6 Å². The van der Waals surface area contributed by atoms with Crippen LogP contribution in [0.2, 0.25) is 0 Å². The van der Waals surface area contributed by atoms with Gasteiger partial charge in [0.1, 0.15) is 11.4 Å². The van der Waals surface area contributed by atoms with Gasteiger partial charge in [0, 0.05) is 24.6 Å². The molecule has 0 saturated carbocycles. The quantitative estimate of drug-likeness (QED) is 0.509. The minimum absolute atomic E-state index is 0.0271. The van der Waals surface area contributed by atoms with Crippen LogP contribution in [0.15, 0.2) is 54.7 Å². The molecule has 2 aromatic carbocycles. The van der Waals surface area contributed by atoms with E-state index in [4.69, 9.17) is 0 Å². The molecule has 0 aliphatic heterocycles. The summed E-state index contributed by atoms with van der Waals surface area (Å²) in [4.78, 5) is 9.15. The molecule has 0 aliphatic carbocycles. The molecule has 0 spiro atoms. The number of hydrogen-bond acceptors (Lipinski definition) is 4. The maximum absolute atomic E-state index is 13.5. The summed E-state index contributed by atoms with van der Waals surface area (Å²) in [6.07, 6.45) is -3.89. The Morgan fingerprint density at radius 1 is 0.966 bits per heavy atom. The zero-order valence-corrected chi connectivity index (χ0v) is 16.1. The van der Waals surface area contributed by atoms with Crippen LogP contribution in [0, 0.1) is 5.82 Å². The molecular formula is C21H20F4N4. The van der Waals surface area contributed by atoms with Gasteiger partial charge < -0.3 is 10.2 Å². The van der Waals surface area contributed by atoms with Gasteiger partial charge in [-0.2, -0.15) is 18.2 Å². The van der Waals surface area contributed by atoms with E-state index in [1.165, 1.54) is 36.2 Å². The van der Waals surface area contributed by atoms with E-state index in [0.29, 0.717) is 17.3 Å². The molecule has 0 bridgehead atoms. The van der Waals surface area contributed by atoms with Crippen molar-refractivity contribution < 1.29 is 17.6 Å². The summed E-state index contributed by atoms with van der Waals surface area (Å²) in [6.45, 7) is 4.14. The number of nitrogens with zero attached hydrogens (tertiary/aromatic N) is 3. The van der Waals surface area contributed by atoms with Crippen LogP contribution in [0.3, 0.4) is 0 Å². The fourth-order valence-corrected chi connectivity index (χ4v) is 2.76. The smallest absolute Gasteiger partial charge is 0.329 e. The van der Waals surface area contributed by atoms with Gasteiger partial charge >= 0.3 is 6.18 Å². The summed E-state index contributed by atoms with van der Waals surface area (Å²) >= 11 is 0. The van der Waals surface area contributed by atoms with Gasteiger partial charge in [-0.3, -0.25) is 0 Å². The average molecular weight is 404 g/mol. The predicted molar refractivity (Wildman–Crippen MR) is 105 cm³/mol. The van der Waals surface area contributed by atoms with Crippen LogP contribution in [-0.2, 0) is 6.18 Å². The van der Waals surface area contributed by atoms with E-state index in [9.17, 15) is 17.6 Å². The molecule has 29 heavy (non-hydrogen) atoms. The van der Waals surface area contributed by atoms with Gasteiger partial charge in [-0.05, 0) is 47.9 Å². The lowest BCUT2D eigenvalue weighted by Gasteiger charge is -2.23. The zero-order valence-electron chi connectivity index (χ0n) is 16.1. The second-order valence-corrected chi connectivity index (χ2v) is 6.87. The van der Waals surface area contributed by atoms with Gasteiger partial charge in [0.15, 0.2) is 5.82 Å². The lowest BCUT2D eigenvalue weighted by atomic mass is 10.0. The number of benzene rings is 2. The largest absolute Gasteiger partial charge is 0.421 e.